The zero-order chi connectivity index (χ0) is 33.9. The summed E-state index contributed by atoms with van der Waals surface area (Å²) in [6.07, 6.45) is 5.25. The van der Waals surface area contributed by atoms with Crippen LogP contribution in [-0.2, 0) is 33.6 Å². The number of H-pyrrole nitrogens is 2. The van der Waals surface area contributed by atoms with Gasteiger partial charge in [0.15, 0.2) is 5.82 Å². The van der Waals surface area contributed by atoms with Crippen molar-refractivity contribution in [2.24, 2.45) is 16.7 Å². The molecule has 254 valence electrons. The first-order chi connectivity index (χ1) is 23.0. The molecule has 0 radical (unpaired) electrons. The molecule has 48 heavy (non-hydrogen) atoms. The van der Waals surface area contributed by atoms with Crippen LogP contribution in [0, 0.1) is 16.7 Å². The van der Waals surface area contributed by atoms with Gasteiger partial charge in [0, 0.05) is 48.3 Å². The van der Waals surface area contributed by atoms with Gasteiger partial charge in [-0.05, 0) is 61.1 Å². The molecule has 2 aliphatic carbocycles. The van der Waals surface area contributed by atoms with Gasteiger partial charge in [0.05, 0.1) is 6.04 Å². The number of carbonyl (C=O) groups is 3. The van der Waals surface area contributed by atoms with Crippen molar-refractivity contribution in [1.29, 1.82) is 0 Å². The normalized spacial score (nSPS) is 22.9. The van der Waals surface area contributed by atoms with Crippen LogP contribution in [0.4, 0.5) is 4.79 Å². The number of benzene rings is 2. The number of hydrogen-bond acceptors (Lipinski definition) is 7. The molecule has 0 spiro atoms. The Morgan fingerprint density at radius 1 is 1.08 bits per heavy atom. The average molecular weight is 655 g/mol. The van der Waals surface area contributed by atoms with Crippen molar-refractivity contribution in [3.8, 4) is 0 Å². The van der Waals surface area contributed by atoms with Crippen LogP contribution in [0.25, 0.3) is 10.9 Å². The van der Waals surface area contributed by atoms with Gasteiger partial charge in [-0.1, -0.05) is 74.5 Å². The van der Waals surface area contributed by atoms with E-state index >= 15 is 0 Å². The lowest BCUT2D eigenvalue weighted by Crippen LogP contribution is -2.61. The van der Waals surface area contributed by atoms with Crippen molar-refractivity contribution in [2.45, 2.75) is 90.3 Å². The van der Waals surface area contributed by atoms with Crippen LogP contribution in [0.1, 0.15) is 70.3 Å². The molecule has 0 aliphatic heterocycles. The zero-order valence-electron chi connectivity index (χ0n) is 28.1. The first kappa shape index (κ1) is 33.2. The van der Waals surface area contributed by atoms with Gasteiger partial charge in [-0.3, -0.25) is 9.59 Å². The maximum absolute atomic E-state index is 14.4. The van der Waals surface area contributed by atoms with Crippen molar-refractivity contribution in [2.75, 3.05) is 6.54 Å². The number of ether oxygens (including phenoxy) is 1. The van der Waals surface area contributed by atoms with Gasteiger partial charge >= 0.3 is 6.09 Å². The number of fused-ring (bicyclic) bond motifs is 3. The molecule has 12 nitrogen and oxygen atoms in total. The molecule has 3 amide bonds. The Kier molecular flexibility index (Phi) is 9.26. The number of alkyl carbamates (subject to hydrolysis) is 1. The monoisotopic (exact) mass is 654 g/mol. The van der Waals surface area contributed by atoms with Crippen LogP contribution in [0.2, 0.25) is 0 Å². The van der Waals surface area contributed by atoms with E-state index in [-0.39, 0.29) is 48.1 Å². The molecular formula is C36H46N8O4. The summed E-state index contributed by atoms with van der Waals surface area (Å²) >= 11 is 0. The van der Waals surface area contributed by atoms with E-state index in [9.17, 15) is 14.4 Å². The Morgan fingerprint density at radius 3 is 2.56 bits per heavy atom. The minimum atomic E-state index is -1.37. The molecule has 4 aromatic rings. The minimum Gasteiger partial charge on any atom is -0.446 e. The number of tetrazole rings is 1. The second-order valence-corrected chi connectivity index (χ2v) is 14.5. The molecule has 2 bridgehead atoms. The van der Waals surface area contributed by atoms with E-state index in [0.717, 1.165) is 41.3 Å². The van der Waals surface area contributed by atoms with Crippen LogP contribution >= 0.6 is 0 Å². The maximum Gasteiger partial charge on any atom is 0.408 e. The summed E-state index contributed by atoms with van der Waals surface area (Å²) in [6, 6.07) is 17.2. The number of nitrogens with zero attached hydrogens (tertiary/aromatic N) is 3. The van der Waals surface area contributed by atoms with Crippen LogP contribution in [0.5, 0.6) is 0 Å². The number of aryl methyl sites for hydroxylation is 1. The van der Waals surface area contributed by atoms with E-state index in [1.807, 2.05) is 60.8 Å². The molecule has 5 unspecified atom stereocenters. The standard InChI is InChI=1S/C36H46N8O4/c1-34(2)25-16-17-35(34,3)29(19-25)48-33(47)40-36(4,20-24-21-37-28-13-9-8-12-27(24)28)32(46)39-26(18-23-10-6-5-7-11-23)22-38-31(45)15-14-30-41-43-44-42-30/h5-13,21,25-26,29,37H,14-20,22H2,1-4H3,(H,38,45)(H,39,46)(H,40,47)(H,41,42,43,44). The number of rotatable bonds is 13. The van der Waals surface area contributed by atoms with Gasteiger partial charge in [0.25, 0.3) is 0 Å². The number of aromatic amines is 2. The fourth-order valence-electron chi connectivity index (χ4n) is 7.79. The van der Waals surface area contributed by atoms with Gasteiger partial charge in [-0.25, -0.2) is 4.79 Å². The topological polar surface area (TPSA) is 167 Å². The number of nitrogens with one attached hydrogen (secondary N) is 5. The summed E-state index contributed by atoms with van der Waals surface area (Å²) < 4.78 is 6.16. The molecule has 0 saturated heterocycles. The highest BCUT2D eigenvalue weighted by Gasteiger charge is 2.63. The highest BCUT2D eigenvalue weighted by molar-refractivity contribution is 5.92. The number of amides is 3. The zero-order valence-corrected chi connectivity index (χ0v) is 28.1. The summed E-state index contributed by atoms with van der Waals surface area (Å²) in [5, 5.41) is 23.8. The summed E-state index contributed by atoms with van der Waals surface area (Å²) in [6.45, 7) is 8.70. The van der Waals surface area contributed by atoms with Gasteiger partial charge < -0.3 is 25.7 Å². The third-order valence-electron chi connectivity index (χ3n) is 11.2. The first-order valence-corrected chi connectivity index (χ1v) is 16.8. The fourth-order valence-corrected chi connectivity index (χ4v) is 7.79. The summed E-state index contributed by atoms with van der Waals surface area (Å²) in [4.78, 5) is 44.1. The smallest absolute Gasteiger partial charge is 0.408 e. The summed E-state index contributed by atoms with van der Waals surface area (Å²) in [5.41, 5.74) is 1.43. The van der Waals surface area contributed by atoms with Crippen LogP contribution in [0.3, 0.4) is 0 Å². The summed E-state index contributed by atoms with van der Waals surface area (Å²) in [5.74, 6) is 0.388. The molecule has 6 rings (SSSR count). The SMILES string of the molecule is CC(Cc1c[nH]c2ccccc12)(NC(=O)OC1CC2CCC1(C)C2(C)C)C(=O)NC(CNC(=O)CCc1nn[nH]n1)Cc1ccccc1. The molecular weight excluding hydrogens is 608 g/mol. The second kappa shape index (κ2) is 13.4. The molecule has 5 atom stereocenters. The third-order valence-corrected chi connectivity index (χ3v) is 11.2. The average Bonchev–Trinajstić information content (AvgIpc) is 3.82. The van der Waals surface area contributed by atoms with E-state index < -0.39 is 17.7 Å². The highest BCUT2D eigenvalue weighted by atomic mass is 16.6. The van der Waals surface area contributed by atoms with E-state index in [2.05, 4.69) is 62.3 Å². The Balaban J connectivity index is 1.20. The molecule has 2 aliphatic rings. The minimum absolute atomic E-state index is 0.0727. The predicted octanol–water partition coefficient (Wildman–Crippen LogP) is 4.40. The lowest BCUT2D eigenvalue weighted by Gasteiger charge is -2.39. The number of hydrogen-bond donors (Lipinski definition) is 5. The van der Waals surface area contributed by atoms with Gasteiger partial charge in [0.1, 0.15) is 11.6 Å². The number of aromatic nitrogens is 5. The van der Waals surface area contributed by atoms with Crippen LogP contribution in [0.15, 0.2) is 60.8 Å². The van der Waals surface area contributed by atoms with Crippen LogP contribution < -0.4 is 16.0 Å². The van der Waals surface area contributed by atoms with Gasteiger partial charge in [-0.15, -0.1) is 10.2 Å². The van der Waals surface area contributed by atoms with E-state index in [4.69, 9.17) is 4.74 Å². The molecule has 2 saturated carbocycles. The Bertz CT molecular complexity index is 1740. The van der Waals surface area contributed by atoms with Crippen LogP contribution in [-0.4, -0.2) is 67.7 Å². The van der Waals surface area contributed by atoms with Crippen molar-refractivity contribution < 1.29 is 19.1 Å². The lowest BCUT2D eigenvalue weighted by molar-refractivity contribution is -0.128. The fraction of sp³-hybridized carbons (Fsp3) is 0.500. The maximum atomic E-state index is 14.4. The molecule has 12 heteroatoms. The Labute approximate surface area is 280 Å². The van der Waals surface area contributed by atoms with E-state index in [0.29, 0.717) is 24.6 Å². The molecule has 2 aromatic carbocycles. The number of para-hydroxylation sites is 1. The first-order valence-electron chi connectivity index (χ1n) is 16.8. The number of carbonyl (C=O) groups excluding carboxylic acids is 3. The third kappa shape index (κ3) is 6.79. The molecule has 5 N–H and O–H groups in total. The quantitative estimate of drug-likeness (QED) is 0.142. The summed E-state index contributed by atoms with van der Waals surface area (Å²) in [7, 11) is 0. The van der Waals surface area contributed by atoms with Gasteiger partial charge in [0.2, 0.25) is 11.8 Å². The van der Waals surface area contributed by atoms with Crippen molar-refractivity contribution in [1.82, 2.24) is 41.6 Å². The highest BCUT2D eigenvalue weighted by Crippen LogP contribution is 2.66. The van der Waals surface area contributed by atoms with Crippen molar-refractivity contribution in [3.63, 3.8) is 0 Å². The predicted molar refractivity (Wildman–Crippen MR) is 181 cm³/mol. The van der Waals surface area contributed by atoms with E-state index in [1.165, 1.54) is 0 Å². The van der Waals surface area contributed by atoms with E-state index in [1.54, 1.807) is 6.92 Å². The second-order valence-electron chi connectivity index (χ2n) is 14.5. The molecule has 2 heterocycles. The lowest BCUT2D eigenvalue weighted by atomic mass is 9.70. The molecule has 2 aromatic heterocycles. The Morgan fingerprint density at radius 2 is 1.85 bits per heavy atom. The van der Waals surface area contributed by atoms with Gasteiger partial charge in [-0.2, -0.15) is 5.21 Å². The molecule has 2 fully saturated rings. The van der Waals surface area contributed by atoms with Crippen molar-refractivity contribution in [3.05, 3.63) is 77.7 Å². The Hall–Kier alpha value is -4.74. The largest absolute Gasteiger partial charge is 0.446 e. The van der Waals surface area contributed by atoms with Crippen molar-refractivity contribution >= 4 is 28.8 Å².